The van der Waals surface area contributed by atoms with Crippen LogP contribution < -0.4 is 5.32 Å². The lowest BCUT2D eigenvalue weighted by atomic mass is 10.1. The zero-order chi connectivity index (χ0) is 18.1. The molecule has 2 heterocycles. The number of fused-ring (bicyclic) bond motifs is 1. The van der Waals surface area contributed by atoms with Gasteiger partial charge in [0.15, 0.2) is 0 Å². The number of aromatic nitrogens is 1. The Kier molecular flexibility index (Phi) is 4.53. The molecule has 4 rings (SSSR count). The largest absolute Gasteiger partial charge is 0.346 e. The molecule has 0 unspecified atom stereocenters. The zero-order valence-corrected chi connectivity index (χ0v) is 15.2. The van der Waals surface area contributed by atoms with Gasteiger partial charge in [-0.1, -0.05) is 59.6 Å². The van der Waals surface area contributed by atoms with Crippen LogP contribution in [0.1, 0.15) is 27.7 Å². The van der Waals surface area contributed by atoms with Gasteiger partial charge in [0.1, 0.15) is 12.0 Å². The summed E-state index contributed by atoms with van der Waals surface area (Å²) >= 11 is 12.2. The third-order valence-corrected chi connectivity index (χ3v) is 4.96. The molecule has 0 aliphatic carbocycles. The highest BCUT2D eigenvalue weighted by atomic mass is 35.5. The van der Waals surface area contributed by atoms with Gasteiger partial charge in [-0.15, -0.1) is 0 Å². The van der Waals surface area contributed by atoms with Crippen LogP contribution in [0.25, 0.3) is 0 Å². The number of rotatable bonds is 4. The molecule has 1 aliphatic heterocycles. The van der Waals surface area contributed by atoms with E-state index in [4.69, 9.17) is 23.2 Å². The number of benzene rings is 2. The first-order chi connectivity index (χ1) is 12.6. The summed E-state index contributed by atoms with van der Waals surface area (Å²) in [6, 6.07) is 18.7. The van der Waals surface area contributed by atoms with Crippen LogP contribution in [0.5, 0.6) is 0 Å². The van der Waals surface area contributed by atoms with Gasteiger partial charge < -0.3 is 10.2 Å². The Morgan fingerprint density at radius 1 is 1.00 bits per heavy atom. The van der Waals surface area contributed by atoms with E-state index in [-0.39, 0.29) is 12.1 Å². The number of anilines is 1. The van der Waals surface area contributed by atoms with Crippen molar-refractivity contribution >= 4 is 34.9 Å². The molecule has 6 heteroatoms. The summed E-state index contributed by atoms with van der Waals surface area (Å²) in [5.41, 5.74) is 2.50. The summed E-state index contributed by atoms with van der Waals surface area (Å²) in [5.74, 6) is 0.611. The average Bonchev–Trinajstić information content (AvgIpc) is 2.91. The second kappa shape index (κ2) is 6.98. The number of carbonyl (C=O) groups excluding carboxylic acids is 1. The van der Waals surface area contributed by atoms with E-state index in [2.05, 4.69) is 10.3 Å². The molecule has 1 aliphatic rings. The van der Waals surface area contributed by atoms with Crippen molar-refractivity contribution in [2.24, 2.45) is 0 Å². The van der Waals surface area contributed by atoms with Gasteiger partial charge in [0.25, 0.3) is 5.91 Å². The molecule has 1 amide bonds. The van der Waals surface area contributed by atoms with Crippen LogP contribution in [0.4, 0.5) is 5.82 Å². The number of nitrogens with one attached hydrogen (secondary N) is 1. The number of hydrogen-bond acceptors (Lipinski definition) is 3. The molecule has 0 fully saturated rings. The Hall–Kier alpha value is -2.56. The van der Waals surface area contributed by atoms with Gasteiger partial charge in [-0.25, -0.2) is 4.98 Å². The SMILES string of the molecule is O=C1c2ccccc2[C@@H](Nc2ccc(Cl)cn2)N1Cc1ccccc1Cl. The summed E-state index contributed by atoms with van der Waals surface area (Å²) in [5, 5.41) is 4.54. The average molecular weight is 384 g/mol. The minimum atomic E-state index is -0.330. The lowest BCUT2D eigenvalue weighted by Gasteiger charge is -2.27. The predicted molar refractivity (Wildman–Crippen MR) is 103 cm³/mol. The van der Waals surface area contributed by atoms with Gasteiger partial charge in [-0.05, 0) is 29.8 Å². The Bertz CT molecular complexity index is 959. The monoisotopic (exact) mass is 383 g/mol. The van der Waals surface area contributed by atoms with Gasteiger partial charge in [0, 0.05) is 28.9 Å². The molecular weight excluding hydrogens is 369 g/mol. The number of halogens is 2. The predicted octanol–water partition coefficient (Wildman–Crippen LogP) is 5.16. The minimum absolute atomic E-state index is 0.0352. The highest BCUT2D eigenvalue weighted by Gasteiger charge is 2.36. The van der Waals surface area contributed by atoms with Crippen molar-refractivity contribution in [3.05, 3.63) is 93.6 Å². The van der Waals surface area contributed by atoms with Crippen molar-refractivity contribution in [3.8, 4) is 0 Å². The van der Waals surface area contributed by atoms with Crippen molar-refractivity contribution in [3.63, 3.8) is 0 Å². The number of carbonyl (C=O) groups is 1. The third-order valence-electron chi connectivity index (χ3n) is 4.37. The molecule has 0 saturated carbocycles. The van der Waals surface area contributed by atoms with Crippen molar-refractivity contribution in [2.75, 3.05) is 5.32 Å². The fourth-order valence-electron chi connectivity index (χ4n) is 3.10. The van der Waals surface area contributed by atoms with Crippen molar-refractivity contribution < 1.29 is 4.79 Å². The molecule has 2 aromatic carbocycles. The first-order valence-electron chi connectivity index (χ1n) is 8.15. The molecule has 0 radical (unpaired) electrons. The first-order valence-corrected chi connectivity index (χ1v) is 8.90. The van der Waals surface area contributed by atoms with Gasteiger partial charge >= 0.3 is 0 Å². The van der Waals surface area contributed by atoms with Crippen LogP contribution in [0, 0.1) is 0 Å². The Morgan fingerprint density at radius 3 is 2.54 bits per heavy atom. The second-order valence-electron chi connectivity index (χ2n) is 6.02. The minimum Gasteiger partial charge on any atom is -0.346 e. The number of amides is 1. The van der Waals surface area contributed by atoms with E-state index < -0.39 is 0 Å². The Labute approximate surface area is 161 Å². The molecule has 0 spiro atoms. The van der Waals surface area contributed by atoms with E-state index in [0.717, 1.165) is 11.1 Å². The molecular formula is C20H15Cl2N3O. The molecule has 0 bridgehead atoms. The molecule has 0 saturated heterocycles. The van der Waals surface area contributed by atoms with E-state index in [1.807, 2.05) is 48.5 Å². The van der Waals surface area contributed by atoms with Crippen LogP contribution in [-0.2, 0) is 6.54 Å². The van der Waals surface area contributed by atoms with Crippen LogP contribution in [-0.4, -0.2) is 15.8 Å². The summed E-state index contributed by atoms with van der Waals surface area (Å²) in [7, 11) is 0. The van der Waals surface area contributed by atoms with Gasteiger partial charge in [-0.3, -0.25) is 4.79 Å². The number of nitrogens with zero attached hydrogens (tertiary/aromatic N) is 2. The number of pyridine rings is 1. The first kappa shape index (κ1) is 16.9. The highest BCUT2D eigenvalue weighted by molar-refractivity contribution is 6.31. The molecule has 26 heavy (non-hydrogen) atoms. The zero-order valence-electron chi connectivity index (χ0n) is 13.7. The number of hydrogen-bond donors (Lipinski definition) is 1. The van der Waals surface area contributed by atoms with E-state index >= 15 is 0 Å². The maximum absolute atomic E-state index is 13.0. The fraction of sp³-hybridized carbons (Fsp3) is 0.100. The van der Waals surface area contributed by atoms with E-state index in [9.17, 15) is 4.79 Å². The Balaban J connectivity index is 1.70. The summed E-state index contributed by atoms with van der Waals surface area (Å²) in [4.78, 5) is 19.0. The van der Waals surface area contributed by atoms with Crippen molar-refractivity contribution in [1.82, 2.24) is 9.88 Å². The lowest BCUT2D eigenvalue weighted by Crippen LogP contribution is -2.32. The van der Waals surface area contributed by atoms with E-state index in [1.54, 1.807) is 23.2 Å². The molecule has 3 aromatic rings. The molecule has 1 aromatic heterocycles. The summed E-state index contributed by atoms with van der Waals surface area (Å²) < 4.78 is 0. The van der Waals surface area contributed by atoms with Crippen molar-refractivity contribution in [2.45, 2.75) is 12.7 Å². The van der Waals surface area contributed by atoms with Crippen LogP contribution in [0.15, 0.2) is 66.9 Å². The van der Waals surface area contributed by atoms with E-state index in [1.165, 1.54) is 0 Å². The smallest absolute Gasteiger partial charge is 0.256 e. The topological polar surface area (TPSA) is 45.2 Å². The van der Waals surface area contributed by atoms with Gasteiger partial charge in [0.2, 0.25) is 0 Å². The summed E-state index contributed by atoms with van der Waals surface area (Å²) in [6.07, 6.45) is 1.24. The van der Waals surface area contributed by atoms with Gasteiger partial charge in [-0.2, -0.15) is 0 Å². The maximum atomic E-state index is 13.0. The fourth-order valence-corrected chi connectivity index (χ4v) is 3.41. The Morgan fingerprint density at radius 2 is 1.77 bits per heavy atom. The van der Waals surface area contributed by atoms with Crippen molar-refractivity contribution in [1.29, 1.82) is 0 Å². The van der Waals surface area contributed by atoms with E-state index in [0.29, 0.717) is 28.0 Å². The molecule has 1 N–H and O–H groups in total. The lowest BCUT2D eigenvalue weighted by molar-refractivity contribution is 0.0728. The quantitative estimate of drug-likeness (QED) is 0.676. The van der Waals surface area contributed by atoms with Crippen LogP contribution in [0.3, 0.4) is 0 Å². The van der Waals surface area contributed by atoms with Crippen LogP contribution >= 0.6 is 23.2 Å². The molecule has 4 nitrogen and oxygen atoms in total. The summed E-state index contributed by atoms with van der Waals surface area (Å²) in [6.45, 7) is 0.401. The van der Waals surface area contributed by atoms with Gasteiger partial charge in [0.05, 0.1) is 5.02 Å². The molecule has 130 valence electrons. The standard InChI is InChI=1S/C20H15Cl2N3O/c21-14-9-10-18(23-11-14)24-19-15-6-2-3-7-16(15)20(26)25(19)12-13-5-1-4-8-17(13)22/h1-11,19H,12H2,(H,23,24)/t19-/m0/s1. The van der Waals surface area contributed by atoms with Crippen LogP contribution in [0.2, 0.25) is 10.0 Å². The highest BCUT2D eigenvalue weighted by Crippen LogP contribution is 2.36. The third kappa shape index (κ3) is 3.14. The normalized spacial score (nSPS) is 15.8. The molecule has 1 atom stereocenters. The maximum Gasteiger partial charge on any atom is 0.256 e. The second-order valence-corrected chi connectivity index (χ2v) is 6.86.